The second-order valence-corrected chi connectivity index (χ2v) is 4.42. The molecule has 88 valence electrons. The van der Waals surface area contributed by atoms with E-state index >= 15 is 0 Å². The summed E-state index contributed by atoms with van der Waals surface area (Å²) in [6.45, 7) is 8.50. The molecule has 0 aliphatic heterocycles. The minimum atomic E-state index is -0.545. The molecule has 1 aromatic rings. The van der Waals surface area contributed by atoms with Gasteiger partial charge in [-0.05, 0) is 38.9 Å². The molecule has 0 aliphatic carbocycles. The molecule has 3 nitrogen and oxygen atoms in total. The lowest BCUT2D eigenvalue weighted by Gasteiger charge is -2.24. The molecule has 0 unspecified atom stereocenters. The van der Waals surface area contributed by atoms with Crippen LogP contribution < -0.4 is 10.6 Å². The van der Waals surface area contributed by atoms with Crippen molar-refractivity contribution in [2.45, 2.75) is 33.2 Å². The van der Waals surface area contributed by atoms with Gasteiger partial charge in [-0.2, -0.15) is 0 Å². The third-order valence-electron chi connectivity index (χ3n) is 2.58. The van der Waals surface area contributed by atoms with Crippen molar-refractivity contribution in [2.24, 2.45) is 0 Å². The molecule has 0 saturated carbocycles. The van der Waals surface area contributed by atoms with E-state index in [2.05, 4.69) is 10.6 Å². The predicted octanol–water partition coefficient (Wildman–Crippen LogP) is 2.32. The Morgan fingerprint density at radius 3 is 2.50 bits per heavy atom. The van der Waals surface area contributed by atoms with E-state index in [1.807, 2.05) is 52.0 Å². The van der Waals surface area contributed by atoms with Gasteiger partial charge in [0, 0.05) is 5.69 Å². The van der Waals surface area contributed by atoms with Crippen LogP contribution in [0.1, 0.15) is 26.3 Å². The van der Waals surface area contributed by atoms with Crippen LogP contribution in [-0.2, 0) is 4.79 Å². The zero-order chi connectivity index (χ0) is 12.2. The maximum Gasteiger partial charge on any atom is 0.244 e. The summed E-state index contributed by atoms with van der Waals surface area (Å²) in [5.41, 5.74) is 1.40. The number of amides is 1. The molecule has 0 bridgehead atoms. The lowest BCUT2D eigenvalue weighted by molar-refractivity contribution is -0.121. The van der Waals surface area contributed by atoms with Gasteiger partial charge >= 0.3 is 0 Å². The lowest BCUT2D eigenvalue weighted by atomic mass is 10.0. The SMILES string of the molecule is CCNC(C)(C)C(=O)Nc1ccccc1C. The fraction of sp³-hybridized carbons (Fsp3) is 0.462. The molecule has 0 heterocycles. The maximum absolute atomic E-state index is 12.0. The zero-order valence-corrected chi connectivity index (χ0v) is 10.4. The van der Waals surface area contributed by atoms with E-state index in [-0.39, 0.29) is 5.91 Å². The molecular weight excluding hydrogens is 200 g/mol. The number of aryl methyl sites for hydroxylation is 1. The van der Waals surface area contributed by atoms with Gasteiger partial charge in [-0.25, -0.2) is 0 Å². The normalized spacial score (nSPS) is 11.2. The topological polar surface area (TPSA) is 41.1 Å². The van der Waals surface area contributed by atoms with Gasteiger partial charge in [-0.15, -0.1) is 0 Å². The van der Waals surface area contributed by atoms with Crippen molar-refractivity contribution in [3.8, 4) is 0 Å². The first-order chi connectivity index (χ1) is 7.47. The standard InChI is InChI=1S/C13H20N2O/c1-5-14-13(3,4)12(16)15-11-9-7-6-8-10(11)2/h6-9,14H,5H2,1-4H3,(H,15,16). The molecule has 0 aromatic heterocycles. The number of hydrogen-bond donors (Lipinski definition) is 2. The van der Waals surface area contributed by atoms with Gasteiger partial charge in [0.25, 0.3) is 0 Å². The van der Waals surface area contributed by atoms with Crippen LogP contribution >= 0.6 is 0 Å². The highest BCUT2D eigenvalue weighted by Crippen LogP contribution is 2.15. The van der Waals surface area contributed by atoms with Gasteiger partial charge in [0.15, 0.2) is 0 Å². The molecular formula is C13H20N2O. The van der Waals surface area contributed by atoms with Crippen molar-refractivity contribution in [3.63, 3.8) is 0 Å². The average Bonchev–Trinajstić information content (AvgIpc) is 2.21. The van der Waals surface area contributed by atoms with E-state index < -0.39 is 5.54 Å². The average molecular weight is 220 g/mol. The number of hydrogen-bond acceptors (Lipinski definition) is 2. The molecule has 0 fully saturated rings. The van der Waals surface area contributed by atoms with E-state index in [0.717, 1.165) is 17.8 Å². The molecule has 0 radical (unpaired) electrons. The Bertz CT molecular complexity index is 372. The van der Waals surface area contributed by atoms with Gasteiger partial charge in [0.1, 0.15) is 0 Å². The highest BCUT2D eigenvalue weighted by molar-refractivity contribution is 5.98. The number of anilines is 1. The summed E-state index contributed by atoms with van der Waals surface area (Å²) in [5, 5.41) is 6.08. The third kappa shape index (κ3) is 3.07. The van der Waals surface area contributed by atoms with Crippen molar-refractivity contribution >= 4 is 11.6 Å². The summed E-state index contributed by atoms with van der Waals surface area (Å²) in [6, 6.07) is 7.77. The van der Waals surface area contributed by atoms with Gasteiger partial charge in [0.2, 0.25) is 5.91 Å². The molecule has 1 rings (SSSR count). The molecule has 1 amide bonds. The summed E-state index contributed by atoms with van der Waals surface area (Å²) < 4.78 is 0. The fourth-order valence-corrected chi connectivity index (χ4v) is 1.51. The summed E-state index contributed by atoms with van der Waals surface area (Å²) in [6.07, 6.45) is 0. The summed E-state index contributed by atoms with van der Waals surface area (Å²) in [7, 11) is 0. The monoisotopic (exact) mass is 220 g/mol. The van der Waals surface area contributed by atoms with Gasteiger partial charge in [-0.1, -0.05) is 25.1 Å². The first-order valence-corrected chi connectivity index (χ1v) is 5.59. The molecule has 0 spiro atoms. The highest BCUT2D eigenvalue weighted by Gasteiger charge is 2.26. The molecule has 0 saturated heterocycles. The smallest absolute Gasteiger partial charge is 0.244 e. The molecule has 3 heteroatoms. The first-order valence-electron chi connectivity index (χ1n) is 5.59. The minimum Gasteiger partial charge on any atom is -0.324 e. The van der Waals surface area contributed by atoms with E-state index in [1.165, 1.54) is 0 Å². The van der Waals surface area contributed by atoms with E-state index in [0.29, 0.717) is 0 Å². The Hall–Kier alpha value is -1.35. The van der Waals surface area contributed by atoms with Crippen molar-refractivity contribution in [3.05, 3.63) is 29.8 Å². The van der Waals surface area contributed by atoms with Gasteiger partial charge < -0.3 is 10.6 Å². The second kappa shape index (κ2) is 5.12. The van der Waals surface area contributed by atoms with Crippen LogP contribution in [0.3, 0.4) is 0 Å². The number of carbonyl (C=O) groups excluding carboxylic acids is 1. The van der Waals surface area contributed by atoms with Crippen LogP contribution in [0.15, 0.2) is 24.3 Å². The minimum absolute atomic E-state index is 0.0105. The molecule has 16 heavy (non-hydrogen) atoms. The molecule has 2 N–H and O–H groups in total. The Morgan fingerprint density at radius 1 is 1.31 bits per heavy atom. The van der Waals surface area contributed by atoms with E-state index in [9.17, 15) is 4.79 Å². The van der Waals surface area contributed by atoms with Crippen molar-refractivity contribution in [2.75, 3.05) is 11.9 Å². The Morgan fingerprint density at radius 2 is 1.94 bits per heavy atom. The zero-order valence-electron chi connectivity index (χ0n) is 10.4. The highest BCUT2D eigenvalue weighted by atomic mass is 16.2. The number of rotatable bonds is 4. The quantitative estimate of drug-likeness (QED) is 0.817. The second-order valence-electron chi connectivity index (χ2n) is 4.42. The Kier molecular flexibility index (Phi) is 4.07. The van der Waals surface area contributed by atoms with Crippen LogP contribution in [-0.4, -0.2) is 18.0 Å². The lowest BCUT2D eigenvalue weighted by Crippen LogP contribution is -2.49. The van der Waals surface area contributed by atoms with E-state index in [4.69, 9.17) is 0 Å². The maximum atomic E-state index is 12.0. The molecule has 1 aromatic carbocycles. The summed E-state index contributed by atoms with van der Waals surface area (Å²) >= 11 is 0. The number of likely N-dealkylation sites (N-methyl/N-ethyl adjacent to an activating group) is 1. The predicted molar refractivity (Wildman–Crippen MR) is 67.6 cm³/mol. The van der Waals surface area contributed by atoms with Crippen molar-refractivity contribution < 1.29 is 4.79 Å². The van der Waals surface area contributed by atoms with Gasteiger partial charge in [-0.3, -0.25) is 4.79 Å². The van der Waals surface area contributed by atoms with Crippen molar-refractivity contribution in [1.29, 1.82) is 0 Å². The van der Waals surface area contributed by atoms with Crippen LogP contribution in [0.5, 0.6) is 0 Å². The van der Waals surface area contributed by atoms with Crippen LogP contribution in [0.4, 0.5) is 5.69 Å². The first kappa shape index (κ1) is 12.7. The number of nitrogens with one attached hydrogen (secondary N) is 2. The van der Waals surface area contributed by atoms with Gasteiger partial charge in [0.05, 0.1) is 5.54 Å². The number of para-hydroxylation sites is 1. The van der Waals surface area contributed by atoms with Crippen LogP contribution in [0.2, 0.25) is 0 Å². The van der Waals surface area contributed by atoms with Crippen molar-refractivity contribution in [1.82, 2.24) is 5.32 Å². The largest absolute Gasteiger partial charge is 0.324 e. The Labute approximate surface area is 97.2 Å². The Balaban J connectivity index is 2.75. The third-order valence-corrected chi connectivity index (χ3v) is 2.58. The molecule has 0 aliphatic rings. The number of benzene rings is 1. The fourth-order valence-electron chi connectivity index (χ4n) is 1.51. The van der Waals surface area contributed by atoms with Crippen LogP contribution in [0, 0.1) is 6.92 Å². The van der Waals surface area contributed by atoms with Crippen LogP contribution in [0.25, 0.3) is 0 Å². The summed E-state index contributed by atoms with van der Waals surface area (Å²) in [5.74, 6) is -0.0105. The molecule has 0 atom stereocenters. The number of carbonyl (C=O) groups is 1. The van der Waals surface area contributed by atoms with E-state index in [1.54, 1.807) is 0 Å². The summed E-state index contributed by atoms with van der Waals surface area (Å²) in [4.78, 5) is 12.0.